The molecule has 0 aliphatic rings. The molecule has 1 rings (SSSR count). The van der Waals surface area contributed by atoms with Crippen molar-refractivity contribution in [1.82, 2.24) is 0 Å². The Morgan fingerprint density at radius 3 is 1.91 bits per heavy atom. The smallest absolute Gasteiger partial charge is 0.322 e. The van der Waals surface area contributed by atoms with E-state index in [4.69, 9.17) is 0 Å². The minimum atomic E-state index is -6.54. The van der Waals surface area contributed by atoms with E-state index >= 15 is 0 Å². The zero-order valence-electron chi connectivity index (χ0n) is 10.4. The number of anilines is 1. The van der Waals surface area contributed by atoms with E-state index in [-0.39, 0.29) is 3.57 Å². The second-order valence-electron chi connectivity index (χ2n) is 4.03. The molecule has 0 spiro atoms. The summed E-state index contributed by atoms with van der Waals surface area (Å²) in [6.45, 7) is 0. The van der Waals surface area contributed by atoms with Gasteiger partial charge in [0.15, 0.2) is 0 Å². The third-order valence-corrected chi connectivity index (χ3v) is 3.40. The normalized spacial score (nSPS) is 12.9. The average molecular weight is 460 g/mol. The minimum absolute atomic E-state index is 0.253. The van der Waals surface area contributed by atoms with Crippen LogP contribution in [0.1, 0.15) is 0 Å². The molecule has 1 amide bonds. The molecule has 0 heterocycles. The number of benzene rings is 1. The predicted molar refractivity (Wildman–Crippen MR) is 70.4 cm³/mol. The van der Waals surface area contributed by atoms with Crippen LogP contribution in [0.3, 0.4) is 0 Å². The zero-order chi connectivity index (χ0) is 18.2. The molecular weight excluding hydrogens is 456 g/mol. The summed E-state index contributed by atoms with van der Waals surface area (Å²) in [5.41, 5.74) is -7.28. The molecule has 128 valence electrons. The lowest BCUT2D eigenvalue weighted by Gasteiger charge is -2.28. The molecule has 0 bridgehead atoms. The first-order valence-corrected chi connectivity index (χ1v) is 6.37. The van der Waals surface area contributed by atoms with Gasteiger partial charge in [-0.25, -0.2) is 4.39 Å². The molecule has 0 fully saturated rings. The largest absolute Gasteiger partial charge is 0.441 e. The number of hydrogen-bond donors (Lipinski definition) is 1. The van der Waals surface area contributed by atoms with Crippen LogP contribution in [-0.2, 0) is 4.79 Å². The number of carbonyl (C=O) groups excluding carboxylic acids is 1. The van der Waals surface area contributed by atoms with Crippen molar-refractivity contribution in [2.45, 2.75) is 18.0 Å². The van der Waals surface area contributed by atoms with Crippen molar-refractivity contribution in [2.24, 2.45) is 0 Å². The van der Waals surface area contributed by atoms with Gasteiger partial charge in [0.05, 0.1) is 10.6 Å². The molecule has 0 aliphatic heterocycles. The summed E-state index contributed by atoms with van der Waals surface area (Å²) < 4.78 is 87.5. The Kier molecular flexibility index (Phi) is 5.13. The van der Waals surface area contributed by atoms with Crippen molar-refractivity contribution in [1.29, 1.82) is 0 Å². The number of nitrogens with zero attached hydrogens (tertiary/aromatic N) is 1. The van der Waals surface area contributed by atoms with Crippen LogP contribution in [-0.4, -0.2) is 28.9 Å². The molecule has 0 aliphatic carbocycles. The Balaban J connectivity index is 3.22. The highest BCUT2D eigenvalue weighted by atomic mass is 127. The number of alkyl halides is 7. The summed E-state index contributed by atoms with van der Waals surface area (Å²) in [7, 11) is 0. The molecule has 1 aromatic rings. The van der Waals surface area contributed by atoms with Crippen molar-refractivity contribution in [3.8, 4) is 0 Å². The topological polar surface area (TPSA) is 72.2 Å². The zero-order valence-corrected chi connectivity index (χ0v) is 12.6. The fourth-order valence-corrected chi connectivity index (χ4v) is 1.98. The van der Waals surface area contributed by atoms with Crippen LogP contribution >= 0.6 is 22.6 Å². The number of amides is 1. The minimum Gasteiger partial charge on any atom is -0.322 e. The van der Waals surface area contributed by atoms with Crippen LogP contribution in [0, 0.1) is 13.7 Å². The van der Waals surface area contributed by atoms with Crippen molar-refractivity contribution < 1.29 is 40.5 Å². The van der Waals surface area contributed by atoms with Crippen LogP contribution in [0.5, 0.6) is 0 Å². The highest BCUT2D eigenvalue weighted by Gasteiger charge is 2.77. The first-order valence-electron chi connectivity index (χ1n) is 5.29. The molecule has 0 atom stereocenters. The molecule has 13 heteroatoms. The Morgan fingerprint density at radius 1 is 1.09 bits per heavy atom. The fourth-order valence-electron chi connectivity index (χ4n) is 1.35. The van der Waals surface area contributed by atoms with Crippen molar-refractivity contribution in [3.05, 3.63) is 31.9 Å². The lowest BCUT2D eigenvalue weighted by atomic mass is 10.0. The molecule has 0 aromatic heterocycles. The Labute approximate surface area is 136 Å². The maximum atomic E-state index is 13.5. The van der Waals surface area contributed by atoms with Gasteiger partial charge in [-0.05, 0) is 28.7 Å². The van der Waals surface area contributed by atoms with Crippen molar-refractivity contribution in [3.63, 3.8) is 0 Å². The molecular formula is C10H4F7IN2O3. The van der Waals surface area contributed by atoms with Crippen LogP contribution in [0.2, 0.25) is 0 Å². The Morgan fingerprint density at radius 2 is 1.57 bits per heavy atom. The van der Waals surface area contributed by atoms with Crippen LogP contribution < -0.4 is 5.32 Å². The van der Waals surface area contributed by atoms with E-state index in [2.05, 4.69) is 0 Å². The van der Waals surface area contributed by atoms with Crippen LogP contribution in [0.4, 0.5) is 42.1 Å². The maximum Gasteiger partial charge on any atom is 0.441 e. The van der Waals surface area contributed by atoms with Gasteiger partial charge in [0.25, 0.3) is 11.6 Å². The van der Waals surface area contributed by atoms with Crippen LogP contribution in [0.15, 0.2) is 18.2 Å². The van der Waals surface area contributed by atoms with Gasteiger partial charge in [-0.1, -0.05) is 0 Å². The number of nitro benzene ring substituents is 1. The van der Waals surface area contributed by atoms with Gasteiger partial charge in [-0.15, -0.1) is 0 Å². The standard InChI is InChI=1S/C10H4F7IN2O3/c11-8(9(12,13)14,10(15,16)17)7(21)19-6-2-1-4(20(22)23)3-5(6)18/h1-3H,(H,19,21). The van der Waals surface area contributed by atoms with E-state index in [1.807, 2.05) is 0 Å². The van der Waals surface area contributed by atoms with Crippen LogP contribution in [0.25, 0.3) is 0 Å². The summed E-state index contributed by atoms with van der Waals surface area (Å²) in [6, 6.07) is 2.18. The second kappa shape index (κ2) is 6.09. The maximum absolute atomic E-state index is 13.5. The molecule has 5 nitrogen and oxygen atoms in total. The predicted octanol–water partition coefficient (Wildman–Crippen LogP) is 3.97. The number of halogens is 8. The average Bonchev–Trinajstić information content (AvgIpc) is 2.36. The SMILES string of the molecule is O=C(Nc1ccc([N+](=O)[O-])cc1I)C(F)(C(F)(F)F)C(F)(F)F. The molecule has 0 unspecified atom stereocenters. The van der Waals surface area contributed by atoms with Crippen molar-refractivity contribution in [2.75, 3.05) is 5.32 Å². The van der Waals surface area contributed by atoms with Crippen molar-refractivity contribution >= 4 is 39.9 Å². The molecule has 0 radical (unpaired) electrons. The molecule has 0 saturated heterocycles. The van der Waals surface area contributed by atoms with Gasteiger partial charge in [-0.2, -0.15) is 26.3 Å². The Hall–Kier alpha value is -1.67. The number of nitro groups is 1. The number of non-ortho nitro benzene ring substituents is 1. The highest BCUT2D eigenvalue weighted by Crippen LogP contribution is 2.47. The highest BCUT2D eigenvalue weighted by molar-refractivity contribution is 14.1. The van der Waals surface area contributed by atoms with E-state index in [0.717, 1.165) is 17.4 Å². The third kappa shape index (κ3) is 3.64. The number of carbonyl (C=O) groups is 1. The second-order valence-corrected chi connectivity index (χ2v) is 5.19. The van der Waals surface area contributed by atoms with Gasteiger partial charge in [0.1, 0.15) is 0 Å². The lowest BCUT2D eigenvalue weighted by molar-refractivity contribution is -0.384. The van der Waals surface area contributed by atoms with Gasteiger partial charge in [0, 0.05) is 15.7 Å². The molecule has 1 N–H and O–H groups in total. The van der Waals surface area contributed by atoms with E-state index in [1.54, 1.807) is 0 Å². The third-order valence-electron chi connectivity index (χ3n) is 2.51. The molecule has 23 heavy (non-hydrogen) atoms. The quantitative estimate of drug-likeness (QED) is 0.321. The number of hydrogen-bond acceptors (Lipinski definition) is 3. The first-order chi connectivity index (χ1) is 10.2. The number of rotatable bonds is 3. The summed E-state index contributed by atoms with van der Waals surface area (Å²) >= 11 is 1.32. The van der Waals surface area contributed by atoms with Gasteiger partial charge >= 0.3 is 18.0 Å². The number of nitrogens with one attached hydrogen (secondary N) is 1. The summed E-state index contributed by atoms with van der Waals surface area (Å²) in [5.74, 6) is -3.00. The van der Waals surface area contributed by atoms with Gasteiger partial charge in [0.2, 0.25) is 0 Å². The van der Waals surface area contributed by atoms with E-state index in [0.29, 0.717) is 6.07 Å². The Bertz CT molecular complexity index is 630. The van der Waals surface area contributed by atoms with E-state index in [9.17, 15) is 45.6 Å². The fraction of sp³-hybridized carbons (Fsp3) is 0.300. The van der Waals surface area contributed by atoms with Gasteiger partial charge in [-0.3, -0.25) is 14.9 Å². The molecule has 0 saturated carbocycles. The summed E-state index contributed by atoms with van der Waals surface area (Å²) in [5, 5.41) is 11.6. The lowest BCUT2D eigenvalue weighted by Crippen LogP contribution is -2.61. The van der Waals surface area contributed by atoms with Gasteiger partial charge < -0.3 is 5.32 Å². The summed E-state index contributed by atoms with van der Waals surface area (Å²) in [4.78, 5) is 20.8. The molecule has 1 aromatic carbocycles. The van der Waals surface area contributed by atoms with E-state index in [1.165, 1.54) is 22.6 Å². The summed E-state index contributed by atoms with van der Waals surface area (Å²) in [6.07, 6.45) is -13.1. The first kappa shape index (κ1) is 19.4. The van der Waals surface area contributed by atoms with E-state index < -0.39 is 40.2 Å². The monoisotopic (exact) mass is 460 g/mol.